The molecule has 12 heteroatoms. The number of halogens is 3. The minimum atomic E-state index is -1.90. The van der Waals surface area contributed by atoms with Gasteiger partial charge in [-0.3, -0.25) is 0 Å². The molecule has 2 aliphatic rings. The zero-order valence-electron chi connectivity index (χ0n) is 13.8. The maximum Gasteiger partial charge on any atom is 1.00 e. The summed E-state index contributed by atoms with van der Waals surface area (Å²) in [6, 6.07) is 0. The third-order valence-electron chi connectivity index (χ3n) is 3.96. The largest absolute Gasteiger partial charge is 1.00 e. The van der Waals surface area contributed by atoms with Crippen molar-refractivity contribution in [3.8, 4) is 0 Å². The Balaban J connectivity index is 0.00000288. The van der Waals surface area contributed by atoms with E-state index in [4.69, 9.17) is 49.0 Å². The normalized spacial score (nSPS) is 49.0. The fourth-order valence-electron chi connectivity index (χ4n) is 2.56. The van der Waals surface area contributed by atoms with Crippen LogP contribution in [0.15, 0.2) is 0 Å². The maximum absolute atomic E-state index is 10.1. The van der Waals surface area contributed by atoms with Crippen LogP contribution in [0, 0.1) is 0 Å². The van der Waals surface area contributed by atoms with E-state index < -0.39 is 66.6 Å². The van der Waals surface area contributed by atoms with Crippen LogP contribution in [-0.4, -0.2) is 98.0 Å². The molecule has 0 aromatic heterocycles. The number of rotatable bonds is 5. The summed E-state index contributed by atoms with van der Waals surface area (Å²) in [5.41, 5.74) is 0. The van der Waals surface area contributed by atoms with E-state index in [2.05, 4.69) is 0 Å². The van der Waals surface area contributed by atoms with Crippen LogP contribution in [0.4, 0.5) is 0 Å². The van der Waals surface area contributed by atoms with Crippen LogP contribution in [0.5, 0.6) is 0 Å². The Morgan fingerprint density at radius 3 is 2.12 bits per heavy atom. The van der Waals surface area contributed by atoms with Gasteiger partial charge in [0, 0.05) is 0 Å². The smallest absolute Gasteiger partial charge is 1.00 e. The van der Waals surface area contributed by atoms with Crippen LogP contribution in [0.1, 0.15) is 1.43 Å². The molecule has 9 atom stereocenters. The Bertz CT molecular complexity index is 415. The van der Waals surface area contributed by atoms with Gasteiger partial charge in [0.1, 0.15) is 36.6 Å². The van der Waals surface area contributed by atoms with Crippen molar-refractivity contribution in [1.82, 2.24) is 0 Å². The third-order valence-corrected chi connectivity index (χ3v) is 5.17. The predicted molar refractivity (Wildman–Crippen MR) is 80.7 cm³/mol. The molecule has 0 aliphatic carbocycles. The molecule has 2 heterocycles. The van der Waals surface area contributed by atoms with Crippen molar-refractivity contribution in [1.29, 1.82) is 0 Å². The molecule has 2 saturated heterocycles. The molecule has 8 nitrogen and oxygen atoms in total. The van der Waals surface area contributed by atoms with Crippen molar-refractivity contribution in [2.24, 2.45) is 0 Å². The Hall–Kier alpha value is 1.55. The molecule has 0 radical (unpaired) electrons. The summed E-state index contributed by atoms with van der Waals surface area (Å²) < 4.78 is 16.1. The molecule has 2 fully saturated rings. The van der Waals surface area contributed by atoms with Crippen LogP contribution in [0.3, 0.4) is 0 Å². The summed E-state index contributed by atoms with van der Waals surface area (Å²) in [4.78, 5) is 0. The first-order valence-corrected chi connectivity index (χ1v) is 8.42. The van der Waals surface area contributed by atoms with Gasteiger partial charge in [-0.05, 0) is 0 Å². The second-order valence-corrected chi connectivity index (χ2v) is 6.54. The van der Waals surface area contributed by atoms with Crippen molar-refractivity contribution in [2.75, 3.05) is 18.4 Å². The first-order valence-electron chi connectivity index (χ1n) is 6.91. The molecule has 0 unspecified atom stereocenters. The van der Waals surface area contributed by atoms with Gasteiger partial charge >= 0.3 is 29.6 Å². The van der Waals surface area contributed by atoms with Gasteiger partial charge in [-0.2, -0.15) is 0 Å². The number of aliphatic hydroxyl groups excluding tert-OH is 5. The summed E-state index contributed by atoms with van der Waals surface area (Å²) in [5, 5.41) is 48.1. The average Bonchev–Trinajstić information content (AvgIpc) is 2.80. The van der Waals surface area contributed by atoms with Gasteiger partial charge in [-0.15, -0.1) is 34.8 Å². The minimum Gasteiger partial charge on any atom is -1.00 e. The van der Waals surface area contributed by atoms with Crippen molar-refractivity contribution >= 4 is 34.8 Å². The summed E-state index contributed by atoms with van der Waals surface area (Å²) in [6.07, 6.45) is -9.39. The minimum absolute atomic E-state index is 0. The SMILES string of the molecule is OC[C@H]1O[C@H](O[C@]2(CCl)O[C@H](CCl)[C@@H](O)[C@@H]2O)[C@H](O)[C@@H](O)[C@H]1Cl.[H-].[Na+]. The Morgan fingerprint density at radius 1 is 1.04 bits per heavy atom. The molecular weight excluding hydrogens is 401 g/mol. The molecular formula is C12H20Cl3NaO8. The van der Waals surface area contributed by atoms with E-state index in [1.807, 2.05) is 0 Å². The van der Waals surface area contributed by atoms with Crippen molar-refractivity contribution < 1.29 is 70.7 Å². The molecule has 2 aliphatic heterocycles. The van der Waals surface area contributed by atoms with Gasteiger partial charge in [0.05, 0.1) is 23.7 Å². The molecule has 24 heavy (non-hydrogen) atoms. The first kappa shape index (κ1) is 23.6. The molecule has 0 aromatic rings. The van der Waals surface area contributed by atoms with Crippen molar-refractivity contribution in [3.05, 3.63) is 0 Å². The topological polar surface area (TPSA) is 129 Å². The number of alkyl halides is 3. The third kappa shape index (κ3) is 4.34. The van der Waals surface area contributed by atoms with E-state index in [9.17, 15) is 25.5 Å². The van der Waals surface area contributed by atoms with Crippen molar-refractivity contribution in [2.45, 2.75) is 54.1 Å². The predicted octanol–water partition coefficient (Wildman–Crippen LogP) is -4.54. The van der Waals surface area contributed by atoms with E-state index in [-0.39, 0.29) is 36.9 Å². The number of aliphatic hydroxyl groups is 5. The number of hydrogen-bond acceptors (Lipinski definition) is 8. The molecule has 5 N–H and O–H groups in total. The summed E-state index contributed by atoms with van der Waals surface area (Å²) in [5.74, 6) is -2.43. The number of hydrogen-bond donors (Lipinski definition) is 5. The van der Waals surface area contributed by atoms with Crippen LogP contribution in [-0.2, 0) is 14.2 Å². The maximum atomic E-state index is 10.1. The Labute approximate surface area is 177 Å². The Morgan fingerprint density at radius 2 is 1.67 bits per heavy atom. The van der Waals surface area contributed by atoms with E-state index in [0.717, 1.165) is 0 Å². The van der Waals surface area contributed by atoms with Gasteiger partial charge in [0.15, 0.2) is 6.29 Å². The quantitative estimate of drug-likeness (QED) is 0.222. The molecule has 0 aromatic carbocycles. The molecule has 2 rings (SSSR count). The molecule has 0 bridgehead atoms. The van der Waals surface area contributed by atoms with E-state index in [1.54, 1.807) is 0 Å². The van der Waals surface area contributed by atoms with Gasteiger partial charge < -0.3 is 41.2 Å². The van der Waals surface area contributed by atoms with E-state index in [1.165, 1.54) is 0 Å². The van der Waals surface area contributed by atoms with E-state index in [0.29, 0.717) is 0 Å². The number of ether oxygens (including phenoxy) is 3. The van der Waals surface area contributed by atoms with Crippen LogP contribution in [0.2, 0.25) is 0 Å². The molecule has 0 amide bonds. The van der Waals surface area contributed by atoms with Crippen LogP contribution < -0.4 is 29.6 Å². The second kappa shape index (κ2) is 9.66. The van der Waals surface area contributed by atoms with Crippen LogP contribution >= 0.6 is 34.8 Å². The zero-order valence-corrected chi connectivity index (χ0v) is 17.1. The molecule has 138 valence electrons. The van der Waals surface area contributed by atoms with E-state index >= 15 is 0 Å². The fourth-order valence-corrected chi connectivity index (χ4v) is 3.37. The second-order valence-electron chi connectivity index (χ2n) is 5.46. The molecule has 0 spiro atoms. The van der Waals surface area contributed by atoms with Crippen LogP contribution in [0.25, 0.3) is 0 Å². The molecule has 0 saturated carbocycles. The Kier molecular flexibility index (Phi) is 9.49. The average molecular weight is 422 g/mol. The van der Waals surface area contributed by atoms with Gasteiger partial charge in [-0.1, -0.05) is 0 Å². The van der Waals surface area contributed by atoms with Gasteiger partial charge in [0.25, 0.3) is 0 Å². The summed E-state index contributed by atoms with van der Waals surface area (Å²) in [7, 11) is 0. The van der Waals surface area contributed by atoms with Gasteiger partial charge in [0.2, 0.25) is 5.79 Å². The fraction of sp³-hybridized carbons (Fsp3) is 1.00. The first-order chi connectivity index (χ1) is 10.8. The van der Waals surface area contributed by atoms with Crippen molar-refractivity contribution in [3.63, 3.8) is 0 Å². The zero-order chi connectivity index (χ0) is 17.4. The van der Waals surface area contributed by atoms with Gasteiger partial charge in [-0.25, -0.2) is 0 Å². The standard InChI is InChI=1S/C12H19Cl3O8.Na.H/c13-1-4-7(17)10(20)12(3-14,22-4)23-11-9(19)8(18)6(15)5(2-16)21-11;;/h4-11,16-20H,1-3H2;;/q;+1;-1/t4-,5-,6+,7-,8+,9-,10+,11-,12+;;/m1../s1. The monoisotopic (exact) mass is 420 g/mol. The summed E-state index contributed by atoms with van der Waals surface area (Å²) in [6.45, 7) is -0.526. The summed E-state index contributed by atoms with van der Waals surface area (Å²) >= 11 is 17.3.